The maximum Gasteiger partial charge on any atom is 0.261 e. The molecule has 4 rings (SSSR count). The van der Waals surface area contributed by atoms with Gasteiger partial charge in [-0.05, 0) is 60.5 Å². The zero-order valence-electron chi connectivity index (χ0n) is 16.1. The molecule has 152 valence electrons. The summed E-state index contributed by atoms with van der Waals surface area (Å²) in [5, 5.41) is 4.33. The van der Waals surface area contributed by atoms with Gasteiger partial charge in [-0.15, -0.1) is 0 Å². The Balaban J connectivity index is 1.46. The van der Waals surface area contributed by atoms with E-state index in [9.17, 15) is 8.42 Å². The van der Waals surface area contributed by atoms with E-state index in [2.05, 4.69) is 20.0 Å². The number of benzene rings is 3. The molecule has 1 aromatic heterocycles. The maximum absolute atomic E-state index is 12.5. The normalized spacial score (nSPS) is 11.4. The average Bonchev–Trinajstić information content (AvgIpc) is 2.73. The lowest BCUT2D eigenvalue weighted by Gasteiger charge is -2.11. The Labute approximate surface area is 180 Å². The first-order valence-corrected chi connectivity index (χ1v) is 11.1. The first-order chi connectivity index (χ1) is 14.4. The molecular weight excluding hydrogens is 420 g/mol. The quantitative estimate of drug-likeness (QED) is 0.413. The first-order valence-electron chi connectivity index (χ1n) is 9.25. The lowest BCUT2D eigenvalue weighted by atomic mass is 10.2. The second kappa shape index (κ2) is 8.30. The Morgan fingerprint density at radius 2 is 1.60 bits per heavy atom. The molecule has 8 heteroatoms. The summed E-state index contributed by atoms with van der Waals surface area (Å²) in [6.07, 6.45) is 0. The summed E-state index contributed by atoms with van der Waals surface area (Å²) in [5.74, 6) is 0.648. The Kier molecular flexibility index (Phi) is 5.57. The molecule has 0 fully saturated rings. The Morgan fingerprint density at radius 1 is 0.900 bits per heavy atom. The van der Waals surface area contributed by atoms with Crippen molar-refractivity contribution in [2.45, 2.75) is 18.4 Å². The van der Waals surface area contributed by atoms with Gasteiger partial charge in [0.05, 0.1) is 10.4 Å². The van der Waals surface area contributed by atoms with Gasteiger partial charge in [0.1, 0.15) is 5.82 Å². The van der Waals surface area contributed by atoms with Gasteiger partial charge in [-0.2, -0.15) is 0 Å². The van der Waals surface area contributed by atoms with E-state index in [-0.39, 0.29) is 10.2 Å². The third-order valence-corrected chi connectivity index (χ3v) is 6.14. The van der Waals surface area contributed by atoms with Crippen molar-refractivity contribution in [3.05, 3.63) is 89.2 Å². The summed E-state index contributed by atoms with van der Waals surface area (Å²) in [4.78, 5) is 8.72. The Hall–Kier alpha value is -3.16. The van der Waals surface area contributed by atoms with E-state index < -0.39 is 10.0 Å². The molecule has 0 radical (unpaired) electrons. The number of hydrogen-bond donors (Lipinski definition) is 2. The number of halogens is 1. The number of nitrogens with one attached hydrogen (secondary N) is 2. The fourth-order valence-corrected chi connectivity index (χ4v) is 4.23. The number of hydrogen-bond acceptors (Lipinski definition) is 5. The van der Waals surface area contributed by atoms with E-state index in [0.29, 0.717) is 18.1 Å². The number of fused-ring (bicyclic) bond motifs is 1. The molecule has 4 aromatic rings. The highest BCUT2D eigenvalue weighted by Crippen LogP contribution is 2.23. The summed E-state index contributed by atoms with van der Waals surface area (Å²) >= 11 is 6.02. The van der Waals surface area contributed by atoms with E-state index in [1.165, 1.54) is 0 Å². The average molecular weight is 439 g/mol. The molecular formula is C22H19ClN4O2S. The second-order valence-electron chi connectivity index (χ2n) is 6.83. The molecule has 30 heavy (non-hydrogen) atoms. The van der Waals surface area contributed by atoms with E-state index >= 15 is 0 Å². The highest BCUT2D eigenvalue weighted by Gasteiger charge is 2.13. The molecule has 0 saturated carbocycles. The van der Waals surface area contributed by atoms with Crippen LogP contribution in [0, 0.1) is 6.92 Å². The number of rotatable bonds is 6. The summed E-state index contributed by atoms with van der Waals surface area (Å²) in [5.41, 5.74) is 3.23. The molecule has 2 N–H and O–H groups in total. The molecule has 0 atom stereocenters. The van der Waals surface area contributed by atoms with E-state index in [0.717, 1.165) is 22.0 Å². The minimum absolute atomic E-state index is 0.178. The van der Waals surface area contributed by atoms with Crippen LogP contribution >= 0.6 is 11.6 Å². The number of aryl methyl sites for hydroxylation is 1. The Bertz CT molecular complexity index is 1290. The zero-order valence-corrected chi connectivity index (χ0v) is 17.7. The zero-order chi connectivity index (χ0) is 21.1. The van der Waals surface area contributed by atoms with Gasteiger partial charge >= 0.3 is 0 Å². The lowest BCUT2D eigenvalue weighted by Crippen LogP contribution is -2.13. The minimum atomic E-state index is -3.62. The van der Waals surface area contributed by atoms with Crippen molar-refractivity contribution < 1.29 is 8.42 Å². The van der Waals surface area contributed by atoms with Crippen LogP contribution in [0.15, 0.2) is 77.7 Å². The van der Waals surface area contributed by atoms with Crippen molar-refractivity contribution in [2.24, 2.45) is 0 Å². The van der Waals surface area contributed by atoms with Crippen LogP contribution in [0.4, 0.5) is 11.5 Å². The van der Waals surface area contributed by atoms with Crippen molar-refractivity contribution in [1.82, 2.24) is 9.97 Å². The summed E-state index contributed by atoms with van der Waals surface area (Å²) in [6.45, 7) is 2.41. The fraction of sp³-hybridized carbons (Fsp3) is 0.0909. The molecule has 6 nitrogen and oxygen atoms in total. The number of aromatic nitrogens is 2. The van der Waals surface area contributed by atoms with Crippen molar-refractivity contribution in [1.29, 1.82) is 0 Å². The van der Waals surface area contributed by atoms with Crippen LogP contribution < -0.4 is 10.0 Å². The third kappa shape index (κ3) is 4.53. The van der Waals surface area contributed by atoms with Crippen LogP contribution in [0.1, 0.15) is 11.1 Å². The first kappa shape index (κ1) is 20.1. The SMILES string of the molecule is Cc1ccc(S(=O)(=O)Nc2ccc(CNc3nc(Cl)nc4ccccc34)cc2)cc1. The largest absolute Gasteiger partial charge is 0.365 e. The molecule has 3 aromatic carbocycles. The molecule has 1 heterocycles. The maximum atomic E-state index is 12.5. The smallest absolute Gasteiger partial charge is 0.261 e. The van der Waals surface area contributed by atoms with Crippen molar-refractivity contribution in [2.75, 3.05) is 10.0 Å². The molecule has 0 aliphatic carbocycles. The standard InChI is InChI=1S/C22H19ClN4O2S/c1-15-6-12-18(13-7-15)30(28,29)27-17-10-8-16(9-11-17)14-24-21-19-4-2-3-5-20(19)25-22(23)26-21/h2-13,27H,14H2,1H3,(H,24,25,26). The summed E-state index contributed by atoms with van der Waals surface area (Å²) in [7, 11) is -3.62. The van der Waals surface area contributed by atoms with Crippen molar-refractivity contribution in [3.8, 4) is 0 Å². The monoisotopic (exact) mass is 438 g/mol. The van der Waals surface area contributed by atoms with Crippen molar-refractivity contribution >= 4 is 44.0 Å². The van der Waals surface area contributed by atoms with Gasteiger partial charge in [0.25, 0.3) is 10.0 Å². The molecule has 0 saturated heterocycles. The fourth-order valence-electron chi connectivity index (χ4n) is 2.99. The predicted octanol–water partition coefficient (Wildman–Crippen LogP) is 5.00. The van der Waals surface area contributed by atoms with Crippen LogP contribution in [-0.4, -0.2) is 18.4 Å². The van der Waals surface area contributed by atoms with Crippen molar-refractivity contribution in [3.63, 3.8) is 0 Å². The van der Waals surface area contributed by atoms with E-state index in [4.69, 9.17) is 11.6 Å². The third-order valence-electron chi connectivity index (χ3n) is 4.57. The van der Waals surface area contributed by atoms with Gasteiger partial charge in [-0.3, -0.25) is 4.72 Å². The summed E-state index contributed by atoms with van der Waals surface area (Å²) < 4.78 is 27.6. The van der Waals surface area contributed by atoms with Gasteiger partial charge < -0.3 is 5.32 Å². The van der Waals surface area contributed by atoms with Gasteiger partial charge in [-0.1, -0.05) is 42.0 Å². The van der Waals surface area contributed by atoms with Gasteiger partial charge in [0.2, 0.25) is 5.28 Å². The van der Waals surface area contributed by atoms with Crippen LogP contribution in [0.2, 0.25) is 5.28 Å². The molecule has 0 bridgehead atoms. The minimum Gasteiger partial charge on any atom is -0.365 e. The highest BCUT2D eigenvalue weighted by atomic mass is 35.5. The van der Waals surface area contributed by atoms with Gasteiger partial charge in [-0.25, -0.2) is 18.4 Å². The predicted molar refractivity (Wildman–Crippen MR) is 120 cm³/mol. The van der Waals surface area contributed by atoms with Crippen LogP contribution in [-0.2, 0) is 16.6 Å². The second-order valence-corrected chi connectivity index (χ2v) is 8.85. The number of nitrogens with zero attached hydrogens (tertiary/aromatic N) is 2. The van der Waals surface area contributed by atoms with Crippen LogP contribution in [0.3, 0.4) is 0 Å². The molecule has 0 aliphatic heterocycles. The highest BCUT2D eigenvalue weighted by molar-refractivity contribution is 7.92. The molecule has 0 spiro atoms. The number of anilines is 2. The van der Waals surface area contributed by atoms with Crippen LogP contribution in [0.25, 0.3) is 10.9 Å². The lowest BCUT2D eigenvalue weighted by molar-refractivity contribution is 0.601. The van der Waals surface area contributed by atoms with Crippen LogP contribution in [0.5, 0.6) is 0 Å². The van der Waals surface area contributed by atoms with Gasteiger partial charge in [0.15, 0.2) is 0 Å². The van der Waals surface area contributed by atoms with E-state index in [1.54, 1.807) is 36.4 Å². The number of sulfonamides is 1. The summed E-state index contributed by atoms with van der Waals surface area (Å²) in [6, 6.07) is 21.5. The molecule has 0 unspecified atom stereocenters. The topological polar surface area (TPSA) is 84.0 Å². The number of para-hydroxylation sites is 1. The van der Waals surface area contributed by atoms with Gasteiger partial charge in [0, 0.05) is 17.6 Å². The molecule has 0 aliphatic rings. The van der Waals surface area contributed by atoms with E-state index in [1.807, 2.05) is 43.3 Å². The Morgan fingerprint density at radius 3 is 2.33 bits per heavy atom. The molecule has 0 amide bonds.